The van der Waals surface area contributed by atoms with Crippen molar-refractivity contribution in [2.24, 2.45) is 11.0 Å². The molecule has 21 heavy (non-hydrogen) atoms. The van der Waals surface area contributed by atoms with Gasteiger partial charge in [0.05, 0.1) is 5.71 Å². The Balaban J connectivity index is 1.92. The predicted molar refractivity (Wildman–Crippen MR) is 92.8 cm³/mol. The average Bonchev–Trinajstić information content (AvgIpc) is 2.78. The lowest BCUT2D eigenvalue weighted by Crippen LogP contribution is -2.44. The number of rotatable bonds is 3. The molecule has 1 aromatic rings. The van der Waals surface area contributed by atoms with E-state index in [0.717, 1.165) is 17.0 Å². The molecule has 0 spiro atoms. The molecule has 1 fully saturated rings. The van der Waals surface area contributed by atoms with Gasteiger partial charge >= 0.3 is 0 Å². The van der Waals surface area contributed by atoms with Crippen molar-refractivity contribution in [3.63, 3.8) is 0 Å². The number of thiocarbonyl (C=S) groups is 1. The van der Waals surface area contributed by atoms with Crippen LogP contribution in [0.25, 0.3) is 0 Å². The molecule has 1 aliphatic carbocycles. The van der Waals surface area contributed by atoms with Crippen molar-refractivity contribution in [1.82, 2.24) is 15.7 Å². The second-order valence-electron chi connectivity index (χ2n) is 6.12. The van der Waals surface area contributed by atoms with Crippen LogP contribution in [0.15, 0.2) is 11.3 Å². The van der Waals surface area contributed by atoms with E-state index in [1.807, 2.05) is 13.1 Å². The summed E-state index contributed by atoms with van der Waals surface area (Å²) in [5, 5.41) is 8.45. The van der Waals surface area contributed by atoms with Crippen LogP contribution in [0.4, 0.5) is 0 Å². The molecule has 0 aliphatic heterocycles. The van der Waals surface area contributed by atoms with Crippen LogP contribution >= 0.6 is 12.2 Å². The number of H-pyrrole nitrogens is 1. The van der Waals surface area contributed by atoms with Crippen LogP contribution in [0, 0.1) is 19.8 Å². The van der Waals surface area contributed by atoms with E-state index in [-0.39, 0.29) is 0 Å². The highest BCUT2D eigenvalue weighted by Crippen LogP contribution is 2.23. The molecule has 0 saturated heterocycles. The smallest absolute Gasteiger partial charge is 0.187 e. The summed E-state index contributed by atoms with van der Waals surface area (Å²) in [6, 6.07) is 0.477. The quantitative estimate of drug-likeness (QED) is 0.456. The summed E-state index contributed by atoms with van der Waals surface area (Å²) < 4.78 is 0. The van der Waals surface area contributed by atoms with Gasteiger partial charge in [-0.25, -0.2) is 0 Å². The number of hydrogen-bond acceptors (Lipinski definition) is 2. The van der Waals surface area contributed by atoms with E-state index >= 15 is 0 Å². The molecule has 2 rings (SSSR count). The molecule has 0 bridgehead atoms. The summed E-state index contributed by atoms with van der Waals surface area (Å²) in [6.07, 6.45) is 7.10. The molecule has 1 heterocycles. The third-order valence-corrected chi connectivity index (χ3v) is 4.60. The number of hydrazone groups is 1. The van der Waals surface area contributed by atoms with Gasteiger partial charge in [0.25, 0.3) is 0 Å². The van der Waals surface area contributed by atoms with Crippen molar-refractivity contribution in [3.05, 3.63) is 23.0 Å². The van der Waals surface area contributed by atoms with Crippen LogP contribution < -0.4 is 10.7 Å². The number of nitrogens with zero attached hydrogens (tertiary/aromatic N) is 1. The van der Waals surface area contributed by atoms with Gasteiger partial charge in [-0.2, -0.15) is 5.10 Å². The Labute approximate surface area is 132 Å². The first-order valence-corrected chi connectivity index (χ1v) is 8.15. The zero-order chi connectivity index (χ0) is 15.4. The number of aromatic amines is 1. The van der Waals surface area contributed by atoms with Crippen LogP contribution in [0.3, 0.4) is 0 Å². The third-order valence-electron chi connectivity index (χ3n) is 4.39. The maximum absolute atomic E-state index is 5.36. The highest BCUT2D eigenvalue weighted by atomic mass is 32.1. The Bertz CT molecular complexity index is 513. The van der Waals surface area contributed by atoms with E-state index in [0.29, 0.717) is 17.1 Å². The summed E-state index contributed by atoms with van der Waals surface area (Å²) in [4.78, 5) is 3.22. The Morgan fingerprint density at radius 2 is 2.05 bits per heavy atom. The maximum Gasteiger partial charge on any atom is 0.187 e. The van der Waals surface area contributed by atoms with Crippen LogP contribution in [0.2, 0.25) is 0 Å². The number of nitrogens with one attached hydrogen (secondary N) is 3. The van der Waals surface area contributed by atoms with E-state index < -0.39 is 0 Å². The Hall–Kier alpha value is -1.36. The van der Waals surface area contributed by atoms with Crippen molar-refractivity contribution in [2.45, 2.75) is 59.4 Å². The normalized spacial score (nSPS) is 23.0. The highest BCUT2D eigenvalue weighted by molar-refractivity contribution is 7.80. The van der Waals surface area contributed by atoms with Crippen LogP contribution in [-0.4, -0.2) is 21.8 Å². The van der Waals surface area contributed by atoms with Gasteiger partial charge in [-0.3, -0.25) is 5.43 Å². The molecule has 2 atom stereocenters. The number of aromatic nitrogens is 1. The number of aryl methyl sites for hydroxylation is 2. The van der Waals surface area contributed by atoms with E-state index in [2.05, 4.69) is 41.6 Å². The molecule has 1 aliphatic rings. The first-order valence-electron chi connectivity index (χ1n) is 7.74. The summed E-state index contributed by atoms with van der Waals surface area (Å²) in [5.41, 5.74) is 7.44. The summed E-state index contributed by atoms with van der Waals surface area (Å²) in [5.74, 6) is 0.678. The standard InChI is InChI=1S/C16H26N4S/c1-10-7-5-6-8-14(10)18-16(21)20-19-13(4)15-11(2)9-17-12(15)3/h9-10,14,17H,5-8H2,1-4H3,(H2,18,20,21)/b19-13+/t10-,14-/m0/s1. The third kappa shape index (κ3) is 4.06. The van der Waals surface area contributed by atoms with Crippen molar-refractivity contribution in [2.75, 3.05) is 0 Å². The molecular formula is C16H26N4S. The van der Waals surface area contributed by atoms with Gasteiger partial charge in [0.2, 0.25) is 0 Å². The maximum atomic E-state index is 5.36. The van der Waals surface area contributed by atoms with Gasteiger partial charge in [-0.1, -0.05) is 19.8 Å². The monoisotopic (exact) mass is 306 g/mol. The Morgan fingerprint density at radius 1 is 1.33 bits per heavy atom. The first kappa shape index (κ1) is 16.0. The number of hydrogen-bond donors (Lipinski definition) is 3. The molecule has 0 aromatic carbocycles. The molecule has 116 valence electrons. The minimum absolute atomic E-state index is 0.477. The lowest BCUT2D eigenvalue weighted by atomic mass is 9.86. The second-order valence-corrected chi connectivity index (χ2v) is 6.53. The Kier molecular flexibility index (Phi) is 5.39. The van der Waals surface area contributed by atoms with Crippen molar-refractivity contribution >= 4 is 23.0 Å². The highest BCUT2D eigenvalue weighted by Gasteiger charge is 2.21. The van der Waals surface area contributed by atoms with E-state index in [9.17, 15) is 0 Å². The SMILES string of the molecule is C/C(=N\NC(=S)N[C@H]1CCCC[C@@H]1C)c1c(C)c[nH]c1C. The molecule has 4 nitrogen and oxygen atoms in total. The minimum atomic E-state index is 0.477. The summed E-state index contributed by atoms with van der Waals surface area (Å²) in [7, 11) is 0. The fraction of sp³-hybridized carbons (Fsp3) is 0.625. The largest absolute Gasteiger partial charge is 0.364 e. The summed E-state index contributed by atoms with van der Waals surface area (Å²) >= 11 is 5.36. The van der Waals surface area contributed by atoms with Gasteiger partial charge in [-0.15, -0.1) is 0 Å². The van der Waals surface area contributed by atoms with Crippen LogP contribution in [-0.2, 0) is 0 Å². The predicted octanol–water partition coefficient (Wildman–Crippen LogP) is 3.40. The zero-order valence-electron chi connectivity index (χ0n) is 13.4. The van der Waals surface area contributed by atoms with Gasteiger partial charge < -0.3 is 10.3 Å². The first-order chi connectivity index (χ1) is 9.99. The molecule has 1 saturated carbocycles. The van der Waals surface area contributed by atoms with E-state index in [4.69, 9.17) is 12.2 Å². The van der Waals surface area contributed by atoms with E-state index in [1.165, 1.54) is 31.2 Å². The molecule has 1 aromatic heterocycles. The molecule has 3 N–H and O–H groups in total. The lowest BCUT2D eigenvalue weighted by Gasteiger charge is -2.30. The molecule has 0 unspecified atom stereocenters. The average molecular weight is 306 g/mol. The van der Waals surface area contributed by atoms with Gasteiger partial charge in [0.1, 0.15) is 0 Å². The van der Waals surface area contributed by atoms with Gasteiger partial charge in [-0.05, 0) is 57.3 Å². The van der Waals surface area contributed by atoms with Crippen molar-refractivity contribution < 1.29 is 0 Å². The minimum Gasteiger partial charge on any atom is -0.364 e. The molecule has 5 heteroatoms. The lowest BCUT2D eigenvalue weighted by molar-refractivity contribution is 0.308. The van der Waals surface area contributed by atoms with Gasteiger partial charge in [0, 0.05) is 23.5 Å². The van der Waals surface area contributed by atoms with Crippen LogP contribution in [0.1, 0.15) is 56.4 Å². The van der Waals surface area contributed by atoms with Crippen LogP contribution in [0.5, 0.6) is 0 Å². The zero-order valence-corrected chi connectivity index (χ0v) is 14.2. The van der Waals surface area contributed by atoms with Gasteiger partial charge in [0.15, 0.2) is 5.11 Å². The van der Waals surface area contributed by atoms with E-state index in [1.54, 1.807) is 0 Å². The molecule has 0 amide bonds. The second kappa shape index (κ2) is 7.07. The molecule has 0 radical (unpaired) electrons. The fourth-order valence-corrected chi connectivity index (χ4v) is 3.33. The van der Waals surface area contributed by atoms with Crippen molar-refractivity contribution in [3.8, 4) is 0 Å². The summed E-state index contributed by atoms with van der Waals surface area (Å²) in [6.45, 7) is 8.43. The Morgan fingerprint density at radius 3 is 2.67 bits per heavy atom. The van der Waals surface area contributed by atoms with Crippen molar-refractivity contribution in [1.29, 1.82) is 0 Å². The topological polar surface area (TPSA) is 52.2 Å². The molecular weight excluding hydrogens is 280 g/mol. The fourth-order valence-electron chi connectivity index (χ4n) is 3.14.